The Kier molecular flexibility index (Phi) is 4.86. The number of rotatable bonds is 5. The maximum atomic E-state index is 14.5. The van der Waals surface area contributed by atoms with Crippen molar-refractivity contribution in [3.63, 3.8) is 0 Å². The molecule has 2 aromatic carbocycles. The first-order valence-corrected chi connectivity index (χ1v) is 9.49. The molecule has 1 aliphatic heterocycles. The molecule has 0 unspecified atom stereocenters. The molecule has 0 aliphatic carbocycles. The van der Waals surface area contributed by atoms with Crippen LogP contribution in [0.15, 0.2) is 41.3 Å². The predicted molar refractivity (Wildman–Crippen MR) is 93.6 cm³/mol. The Labute approximate surface area is 150 Å². The van der Waals surface area contributed by atoms with Gasteiger partial charge in [-0.2, -0.15) is 0 Å². The highest BCUT2D eigenvalue weighted by atomic mass is 32.2. The number of halogens is 1. The minimum Gasteiger partial charge on any atom is -0.482 e. The lowest BCUT2D eigenvalue weighted by Crippen LogP contribution is -2.36. The normalized spacial score (nSPS) is 14.0. The van der Waals surface area contributed by atoms with E-state index in [1.165, 1.54) is 30.3 Å². The zero-order valence-corrected chi connectivity index (χ0v) is 14.9. The Morgan fingerprint density at radius 2 is 1.96 bits per heavy atom. The summed E-state index contributed by atoms with van der Waals surface area (Å²) < 4.78 is 46.6. The van der Waals surface area contributed by atoms with E-state index in [0.29, 0.717) is 18.4 Å². The number of aryl methyl sites for hydroxylation is 2. The second kappa shape index (κ2) is 6.95. The summed E-state index contributed by atoms with van der Waals surface area (Å²) >= 11 is 0. The summed E-state index contributed by atoms with van der Waals surface area (Å²) in [4.78, 5) is 10.5. The summed E-state index contributed by atoms with van der Waals surface area (Å²) in [6.45, 7) is 1.45. The van der Waals surface area contributed by atoms with Gasteiger partial charge >= 0.3 is 5.97 Å². The molecule has 0 bridgehead atoms. The number of ether oxygens (including phenoxy) is 1. The van der Waals surface area contributed by atoms with Crippen molar-refractivity contribution >= 4 is 21.7 Å². The smallest absolute Gasteiger partial charge is 0.341 e. The highest BCUT2D eigenvalue weighted by Gasteiger charge is 2.31. The molecule has 3 rings (SSSR count). The number of carbonyl (C=O) groups is 1. The van der Waals surface area contributed by atoms with Crippen molar-refractivity contribution in [2.45, 2.75) is 24.7 Å². The van der Waals surface area contributed by atoms with Gasteiger partial charge in [0.1, 0.15) is 11.6 Å². The van der Waals surface area contributed by atoms with Gasteiger partial charge in [-0.25, -0.2) is 17.6 Å². The second-order valence-electron chi connectivity index (χ2n) is 6.09. The first-order chi connectivity index (χ1) is 12.3. The van der Waals surface area contributed by atoms with E-state index in [-0.39, 0.29) is 22.9 Å². The van der Waals surface area contributed by atoms with Crippen molar-refractivity contribution in [3.05, 3.63) is 53.3 Å². The number of carboxylic acid groups (broad SMARTS) is 1. The van der Waals surface area contributed by atoms with E-state index in [0.717, 1.165) is 9.87 Å². The first kappa shape index (κ1) is 18.2. The quantitative estimate of drug-likeness (QED) is 0.864. The van der Waals surface area contributed by atoms with Gasteiger partial charge in [0.15, 0.2) is 6.61 Å². The predicted octanol–water partition coefficient (Wildman–Crippen LogP) is 2.74. The van der Waals surface area contributed by atoms with Gasteiger partial charge in [-0.1, -0.05) is 6.07 Å². The van der Waals surface area contributed by atoms with Crippen LogP contribution in [-0.4, -0.2) is 32.6 Å². The molecule has 0 amide bonds. The Morgan fingerprint density at radius 3 is 2.62 bits per heavy atom. The summed E-state index contributed by atoms with van der Waals surface area (Å²) in [5, 5.41) is 8.60. The number of hydrogen-bond donors (Lipinski definition) is 1. The van der Waals surface area contributed by atoms with Gasteiger partial charge < -0.3 is 9.84 Å². The summed E-state index contributed by atoms with van der Waals surface area (Å²) in [5.74, 6) is -1.44. The summed E-state index contributed by atoms with van der Waals surface area (Å²) in [7, 11) is -3.94. The molecule has 1 N–H and O–H groups in total. The van der Waals surface area contributed by atoms with Crippen LogP contribution in [0.2, 0.25) is 0 Å². The van der Waals surface area contributed by atoms with Gasteiger partial charge in [0.2, 0.25) is 0 Å². The minimum atomic E-state index is -3.94. The fraction of sp³-hybridized carbons (Fsp3) is 0.278. The van der Waals surface area contributed by atoms with Crippen LogP contribution in [0.1, 0.15) is 17.5 Å². The molecular formula is C18H18FNO5S. The summed E-state index contributed by atoms with van der Waals surface area (Å²) in [6, 6.07) is 8.55. The van der Waals surface area contributed by atoms with Gasteiger partial charge in [-0.05, 0) is 61.2 Å². The van der Waals surface area contributed by atoms with Gasteiger partial charge in [-0.3, -0.25) is 4.31 Å². The molecular weight excluding hydrogens is 361 g/mol. The molecule has 138 valence electrons. The lowest BCUT2D eigenvalue weighted by molar-refractivity contribution is -0.139. The molecule has 0 saturated carbocycles. The minimum absolute atomic E-state index is 0.00648. The lowest BCUT2D eigenvalue weighted by atomic mass is 10.0. The maximum Gasteiger partial charge on any atom is 0.341 e. The number of anilines is 1. The van der Waals surface area contributed by atoms with Crippen LogP contribution in [0.3, 0.4) is 0 Å². The molecule has 0 fully saturated rings. The van der Waals surface area contributed by atoms with E-state index in [4.69, 9.17) is 9.84 Å². The van der Waals surface area contributed by atoms with Crippen LogP contribution < -0.4 is 9.04 Å². The van der Waals surface area contributed by atoms with Crippen molar-refractivity contribution in [2.24, 2.45) is 0 Å². The third kappa shape index (κ3) is 3.50. The maximum absolute atomic E-state index is 14.5. The fourth-order valence-electron chi connectivity index (χ4n) is 3.02. The molecule has 0 spiro atoms. The van der Waals surface area contributed by atoms with Crippen molar-refractivity contribution in [1.29, 1.82) is 0 Å². The lowest BCUT2D eigenvalue weighted by Gasteiger charge is -2.31. The third-order valence-electron chi connectivity index (χ3n) is 4.12. The standard InChI is InChI=1S/C18H18FNO5S/c1-12-9-13-3-2-8-20(18(13)16(19)10-12)26(23,24)15-6-4-14(5-7-15)25-11-17(21)22/h4-7,9-10H,2-3,8,11H2,1H3,(H,21,22). The van der Waals surface area contributed by atoms with Crippen LogP contribution in [0, 0.1) is 12.7 Å². The largest absolute Gasteiger partial charge is 0.482 e. The average molecular weight is 379 g/mol. The fourth-order valence-corrected chi connectivity index (χ4v) is 4.57. The highest BCUT2D eigenvalue weighted by molar-refractivity contribution is 7.92. The van der Waals surface area contributed by atoms with Crippen LogP contribution >= 0.6 is 0 Å². The number of aliphatic carboxylic acids is 1. The molecule has 2 aromatic rings. The van der Waals surface area contributed by atoms with Gasteiger partial charge in [0.05, 0.1) is 10.6 Å². The Hall–Kier alpha value is -2.61. The molecule has 1 aliphatic rings. The molecule has 8 heteroatoms. The number of carboxylic acids is 1. The van der Waals surface area contributed by atoms with Crippen molar-refractivity contribution in [1.82, 2.24) is 0 Å². The SMILES string of the molecule is Cc1cc(F)c2c(c1)CCCN2S(=O)(=O)c1ccc(OCC(=O)O)cc1. The zero-order chi connectivity index (χ0) is 18.9. The first-order valence-electron chi connectivity index (χ1n) is 8.05. The highest BCUT2D eigenvalue weighted by Crippen LogP contribution is 2.35. The number of benzene rings is 2. The zero-order valence-electron chi connectivity index (χ0n) is 14.1. The second-order valence-corrected chi connectivity index (χ2v) is 7.95. The molecule has 6 nitrogen and oxygen atoms in total. The average Bonchev–Trinajstić information content (AvgIpc) is 2.59. The number of sulfonamides is 1. The van der Waals surface area contributed by atoms with Crippen LogP contribution in [0.5, 0.6) is 5.75 Å². The molecule has 0 aromatic heterocycles. The van der Waals surface area contributed by atoms with E-state index in [2.05, 4.69) is 0 Å². The third-order valence-corrected chi connectivity index (χ3v) is 5.93. The Balaban J connectivity index is 1.94. The van der Waals surface area contributed by atoms with Crippen molar-refractivity contribution in [3.8, 4) is 5.75 Å². The van der Waals surface area contributed by atoms with E-state index in [1.54, 1.807) is 6.92 Å². The van der Waals surface area contributed by atoms with E-state index >= 15 is 0 Å². The molecule has 1 heterocycles. The van der Waals surface area contributed by atoms with E-state index < -0.39 is 28.4 Å². The van der Waals surface area contributed by atoms with Crippen LogP contribution in [0.25, 0.3) is 0 Å². The van der Waals surface area contributed by atoms with E-state index in [9.17, 15) is 17.6 Å². The Morgan fingerprint density at radius 1 is 1.27 bits per heavy atom. The molecule has 26 heavy (non-hydrogen) atoms. The van der Waals surface area contributed by atoms with Gasteiger partial charge in [0.25, 0.3) is 10.0 Å². The van der Waals surface area contributed by atoms with E-state index in [1.807, 2.05) is 6.07 Å². The van der Waals surface area contributed by atoms with Crippen LogP contribution in [-0.2, 0) is 21.2 Å². The molecule has 0 radical (unpaired) electrons. The number of fused-ring (bicyclic) bond motifs is 1. The van der Waals surface area contributed by atoms with Crippen molar-refractivity contribution < 1.29 is 27.4 Å². The topological polar surface area (TPSA) is 83.9 Å². The monoisotopic (exact) mass is 379 g/mol. The van der Waals surface area contributed by atoms with Crippen molar-refractivity contribution in [2.75, 3.05) is 17.5 Å². The van der Waals surface area contributed by atoms with Gasteiger partial charge in [-0.15, -0.1) is 0 Å². The number of nitrogens with zero attached hydrogens (tertiary/aromatic N) is 1. The Bertz CT molecular complexity index is 941. The summed E-state index contributed by atoms with van der Waals surface area (Å²) in [6.07, 6.45) is 1.23. The molecule has 0 saturated heterocycles. The molecule has 0 atom stereocenters. The van der Waals surface area contributed by atoms with Gasteiger partial charge in [0, 0.05) is 6.54 Å². The van der Waals surface area contributed by atoms with Crippen LogP contribution in [0.4, 0.5) is 10.1 Å². The number of hydrogen-bond acceptors (Lipinski definition) is 4. The summed E-state index contributed by atoms with van der Waals surface area (Å²) in [5.41, 5.74) is 1.53.